The highest BCUT2D eigenvalue weighted by molar-refractivity contribution is 7.17. The molecule has 3 heteroatoms. The topological polar surface area (TPSA) is 29.1 Å². The Bertz CT molecular complexity index is 1030. The number of rotatable bonds is 5. The molecule has 2 nitrogen and oxygen atoms in total. The lowest BCUT2D eigenvalue weighted by molar-refractivity contribution is -0.120. The quantitative estimate of drug-likeness (QED) is 0.544. The van der Waals surface area contributed by atoms with E-state index in [1.165, 1.54) is 21.0 Å². The van der Waals surface area contributed by atoms with Crippen LogP contribution in [0, 0.1) is 0 Å². The molecule has 0 fully saturated rings. The Morgan fingerprint density at radius 1 is 0.840 bits per heavy atom. The van der Waals surface area contributed by atoms with E-state index in [1.54, 1.807) is 11.3 Å². The van der Waals surface area contributed by atoms with Gasteiger partial charge in [0.15, 0.2) is 0 Å². The van der Waals surface area contributed by atoms with E-state index in [-0.39, 0.29) is 5.91 Å². The number of amides is 1. The Kier molecular flexibility index (Phi) is 4.49. The van der Waals surface area contributed by atoms with Crippen molar-refractivity contribution in [3.8, 4) is 0 Å². The normalized spacial score (nSPS) is 11.0. The molecule has 3 aromatic carbocycles. The van der Waals surface area contributed by atoms with Gasteiger partial charge in [-0.25, -0.2) is 0 Å². The Morgan fingerprint density at radius 3 is 2.52 bits per heavy atom. The summed E-state index contributed by atoms with van der Waals surface area (Å²) in [5.41, 5.74) is 2.39. The highest BCUT2D eigenvalue weighted by Crippen LogP contribution is 2.25. The SMILES string of the molecule is O=C(Cc1cccc2ccccc12)NCCc1csc2ccccc12. The number of fused-ring (bicyclic) bond motifs is 2. The monoisotopic (exact) mass is 345 g/mol. The fourth-order valence-corrected chi connectivity index (χ4v) is 4.24. The first-order valence-corrected chi connectivity index (χ1v) is 9.38. The van der Waals surface area contributed by atoms with Crippen molar-refractivity contribution in [3.63, 3.8) is 0 Å². The smallest absolute Gasteiger partial charge is 0.224 e. The Morgan fingerprint density at radius 2 is 1.60 bits per heavy atom. The molecule has 1 aromatic heterocycles. The van der Waals surface area contributed by atoms with E-state index in [1.807, 2.05) is 24.3 Å². The molecule has 0 spiro atoms. The van der Waals surface area contributed by atoms with Crippen LogP contribution >= 0.6 is 11.3 Å². The first-order chi connectivity index (χ1) is 12.3. The van der Waals surface area contributed by atoms with Gasteiger partial charge in [-0.15, -0.1) is 11.3 Å². The lowest BCUT2D eigenvalue weighted by Gasteiger charge is -2.08. The zero-order valence-electron chi connectivity index (χ0n) is 13.9. The van der Waals surface area contributed by atoms with Crippen LogP contribution < -0.4 is 5.32 Å². The summed E-state index contributed by atoms with van der Waals surface area (Å²) >= 11 is 1.76. The first-order valence-electron chi connectivity index (χ1n) is 8.50. The van der Waals surface area contributed by atoms with Crippen molar-refractivity contribution in [1.82, 2.24) is 5.32 Å². The third-order valence-corrected chi connectivity index (χ3v) is 5.52. The molecule has 1 amide bonds. The first kappa shape index (κ1) is 15.9. The van der Waals surface area contributed by atoms with Gasteiger partial charge < -0.3 is 5.32 Å². The van der Waals surface area contributed by atoms with Crippen molar-refractivity contribution in [2.75, 3.05) is 6.54 Å². The number of nitrogens with one attached hydrogen (secondary N) is 1. The Balaban J connectivity index is 1.39. The van der Waals surface area contributed by atoms with Gasteiger partial charge in [0.2, 0.25) is 5.91 Å². The van der Waals surface area contributed by atoms with Crippen molar-refractivity contribution in [1.29, 1.82) is 0 Å². The minimum atomic E-state index is 0.0795. The predicted octanol–water partition coefficient (Wildman–Crippen LogP) is 4.96. The van der Waals surface area contributed by atoms with E-state index in [4.69, 9.17) is 0 Å². The molecule has 0 aliphatic carbocycles. The van der Waals surface area contributed by atoms with Crippen molar-refractivity contribution in [3.05, 3.63) is 83.2 Å². The molecule has 4 rings (SSSR count). The summed E-state index contributed by atoms with van der Waals surface area (Å²) in [6.45, 7) is 0.671. The summed E-state index contributed by atoms with van der Waals surface area (Å²) in [6, 6.07) is 22.8. The average Bonchev–Trinajstić information content (AvgIpc) is 3.05. The van der Waals surface area contributed by atoms with Gasteiger partial charge >= 0.3 is 0 Å². The summed E-state index contributed by atoms with van der Waals surface area (Å²) in [6.07, 6.45) is 1.29. The fourth-order valence-electron chi connectivity index (χ4n) is 3.25. The molecule has 0 aliphatic rings. The molecular formula is C22H19NOS. The van der Waals surface area contributed by atoms with Crippen molar-refractivity contribution in [2.24, 2.45) is 0 Å². The van der Waals surface area contributed by atoms with E-state index in [2.05, 4.69) is 53.2 Å². The standard InChI is InChI=1S/C22H19NOS/c24-22(14-17-8-5-7-16-6-1-2-9-19(16)17)23-13-12-18-15-25-21-11-4-3-10-20(18)21/h1-11,15H,12-14H2,(H,23,24). The number of hydrogen-bond donors (Lipinski definition) is 1. The maximum atomic E-state index is 12.3. The molecule has 4 aromatic rings. The maximum absolute atomic E-state index is 12.3. The summed E-state index contributed by atoms with van der Waals surface area (Å²) in [4.78, 5) is 12.3. The number of carbonyl (C=O) groups is 1. The molecule has 0 unspecified atom stereocenters. The third-order valence-electron chi connectivity index (χ3n) is 4.51. The van der Waals surface area contributed by atoms with Crippen LogP contribution in [0.5, 0.6) is 0 Å². The van der Waals surface area contributed by atoms with Gasteiger partial charge in [0.1, 0.15) is 0 Å². The van der Waals surface area contributed by atoms with Crippen LogP contribution in [0.3, 0.4) is 0 Å². The minimum Gasteiger partial charge on any atom is -0.355 e. The number of hydrogen-bond acceptors (Lipinski definition) is 2. The Hall–Kier alpha value is -2.65. The average molecular weight is 345 g/mol. The third kappa shape index (κ3) is 3.42. The van der Waals surface area contributed by atoms with Crippen molar-refractivity contribution >= 4 is 38.1 Å². The summed E-state index contributed by atoms with van der Waals surface area (Å²) in [5, 5.41) is 8.90. The van der Waals surface area contributed by atoms with Crippen LogP contribution in [-0.4, -0.2) is 12.5 Å². The predicted molar refractivity (Wildman–Crippen MR) is 106 cm³/mol. The van der Waals surface area contributed by atoms with Gasteiger partial charge in [0.05, 0.1) is 6.42 Å². The van der Waals surface area contributed by atoms with Crippen LogP contribution in [0.1, 0.15) is 11.1 Å². The van der Waals surface area contributed by atoms with E-state index < -0.39 is 0 Å². The van der Waals surface area contributed by atoms with Crippen LogP contribution in [0.25, 0.3) is 20.9 Å². The van der Waals surface area contributed by atoms with Gasteiger partial charge in [-0.2, -0.15) is 0 Å². The van der Waals surface area contributed by atoms with Crippen LogP contribution in [0.2, 0.25) is 0 Å². The van der Waals surface area contributed by atoms with Gasteiger partial charge in [-0.05, 0) is 45.2 Å². The molecule has 0 bridgehead atoms. The number of carbonyl (C=O) groups excluding carboxylic acids is 1. The van der Waals surface area contributed by atoms with E-state index >= 15 is 0 Å². The number of benzene rings is 3. The second-order valence-electron chi connectivity index (χ2n) is 6.17. The second kappa shape index (κ2) is 7.08. The number of thiophene rings is 1. The molecule has 0 radical (unpaired) electrons. The molecular weight excluding hydrogens is 326 g/mol. The highest BCUT2D eigenvalue weighted by Gasteiger charge is 2.08. The molecule has 25 heavy (non-hydrogen) atoms. The second-order valence-corrected chi connectivity index (χ2v) is 7.08. The fraction of sp³-hybridized carbons (Fsp3) is 0.136. The van der Waals surface area contributed by atoms with Crippen LogP contribution in [0.4, 0.5) is 0 Å². The van der Waals surface area contributed by atoms with Gasteiger partial charge in [-0.3, -0.25) is 4.79 Å². The highest BCUT2D eigenvalue weighted by atomic mass is 32.1. The molecule has 1 heterocycles. The van der Waals surface area contributed by atoms with Gasteiger partial charge in [-0.1, -0.05) is 60.7 Å². The van der Waals surface area contributed by atoms with Gasteiger partial charge in [0, 0.05) is 11.2 Å². The molecule has 124 valence electrons. The molecule has 0 saturated heterocycles. The summed E-state index contributed by atoms with van der Waals surface area (Å²) in [5.74, 6) is 0.0795. The lowest BCUT2D eigenvalue weighted by atomic mass is 10.0. The maximum Gasteiger partial charge on any atom is 0.224 e. The molecule has 1 N–H and O–H groups in total. The van der Waals surface area contributed by atoms with E-state index in [9.17, 15) is 4.79 Å². The lowest BCUT2D eigenvalue weighted by Crippen LogP contribution is -2.27. The molecule has 0 atom stereocenters. The molecule has 0 aliphatic heterocycles. The zero-order chi connectivity index (χ0) is 17.1. The minimum absolute atomic E-state index is 0.0795. The Labute approximate surface area is 151 Å². The van der Waals surface area contributed by atoms with E-state index in [0.29, 0.717) is 13.0 Å². The van der Waals surface area contributed by atoms with Crippen molar-refractivity contribution in [2.45, 2.75) is 12.8 Å². The van der Waals surface area contributed by atoms with Gasteiger partial charge in [0.25, 0.3) is 0 Å². The summed E-state index contributed by atoms with van der Waals surface area (Å²) in [7, 11) is 0. The van der Waals surface area contributed by atoms with Crippen LogP contribution in [0.15, 0.2) is 72.1 Å². The molecule has 0 saturated carbocycles. The van der Waals surface area contributed by atoms with Crippen molar-refractivity contribution < 1.29 is 4.79 Å². The van der Waals surface area contributed by atoms with E-state index in [0.717, 1.165) is 17.4 Å². The van der Waals surface area contributed by atoms with Crippen LogP contribution in [-0.2, 0) is 17.6 Å². The zero-order valence-corrected chi connectivity index (χ0v) is 14.7. The largest absolute Gasteiger partial charge is 0.355 e. The summed E-state index contributed by atoms with van der Waals surface area (Å²) < 4.78 is 1.31.